The van der Waals surface area contributed by atoms with Crippen LogP contribution in [0.25, 0.3) is 0 Å². The van der Waals surface area contributed by atoms with Crippen LogP contribution in [0.3, 0.4) is 0 Å². The van der Waals surface area contributed by atoms with Gasteiger partial charge < -0.3 is 9.64 Å². The van der Waals surface area contributed by atoms with E-state index in [1.54, 1.807) is 12.4 Å². The lowest BCUT2D eigenvalue weighted by Crippen LogP contribution is -2.31. The van der Waals surface area contributed by atoms with Gasteiger partial charge in [-0.3, -0.25) is 15.1 Å². The van der Waals surface area contributed by atoms with E-state index >= 15 is 0 Å². The van der Waals surface area contributed by atoms with E-state index in [-0.39, 0.29) is 30.3 Å². The molecule has 2 fully saturated rings. The molecule has 1 aromatic rings. The van der Waals surface area contributed by atoms with Crippen molar-refractivity contribution in [1.82, 2.24) is 19.9 Å². The van der Waals surface area contributed by atoms with Crippen molar-refractivity contribution >= 4 is 22.0 Å². The van der Waals surface area contributed by atoms with Crippen LogP contribution in [0.5, 0.6) is 5.75 Å². The molecule has 10 heteroatoms. The molecule has 1 saturated carbocycles. The average molecular weight is 439 g/mol. The van der Waals surface area contributed by atoms with Crippen LogP contribution in [-0.2, 0) is 14.8 Å². The summed E-state index contributed by atoms with van der Waals surface area (Å²) in [6, 6.07) is 1.12. The molecular weight excluding hydrogens is 408 g/mol. The minimum Gasteiger partial charge on any atom is -0.492 e. The Balaban J connectivity index is 1.43. The summed E-state index contributed by atoms with van der Waals surface area (Å²) in [5.74, 6) is 1.02. The Hall–Kier alpha value is -2.20. The number of urea groups is 1. The van der Waals surface area contributed by atoms with E-state index in [4.69, 9.17) is 4.74 Å². The maximum atomic E-state index is 12.5. The van der Waals surface area contributed by atoms with Crippen LogP contribution in [-0.4, -0.2) is 55.7 Å². The van der Waals surface area contributed by atoms with Gasteiger partial charge in [-0.1, -0.05) is 13.3 Å². The predicted molar refractivity (Wildman–Crippen MR) is 111 cm³/mol. The molecule has 0 radical (unpaired) electrons. The van der Waals surface area contributed by atoms with E-state index < -0.39 is 10.0 Å². The van der Waals surface area contributed by atoms with Crippen molar-refractivity contribution in [3.8, 4) is 5.75 Å². The molecule has 1 atom stereocenters. The Labute approximate surface area is 177 Å². The first kappa shape index (κ1) is 22.5. The zero-order chi connectivity index (χ0) is 21.6. The van der Waals surface area contributed by atoms with Gasteiger partial charge >= 0.3 is 6.03 Å². The molecule has 3 rings (SSSR count). The number of amides is 3. The fraction of sp³-hybridized carbons (Fsp3) is 0.650. The minimum absolute atomic E-state index is 0.0138. The molecule has 3 amide bonds. The molecule has 2 heterocycles. The number of nitrogens with one attached hydrogen (secondary N) is 2. The lowest BCUT2D eigenvalue weighted by molar-refractivity contribution is -0.118. The monoisotopic (exact) mass is 438 g/mol. The first-order chi connectivity index (χ1) is 14.4. The van der Waals surface area contributed by atoms with Gasteiger partial charge in [0.05, 0.1) is 18.6 Å². The number of sulfonamides is 1. The summed E-state index contributed by atoms with van der Waals surface area (Å²) in [5.41, 5.74) is 0.791. The van der Waals surface area contributed by atoms with E-state index in [2.05, 4.69) is 15.0 Å². The van der Waals surface area contributed by atoms with Crippen LogP contribution in [0.15, 0.2) is 18.5 Å². The Morgan fingerprint density at radius 2 is 2.07 bits per heavy atom. The van der Waals surface area contributed by atoms with E-state index in [9.17, 15) is 18.0 Å². The number of carbonyl (C=O) groups excluding carboxylic acids is 2. The van der Waals surface area contributed by atoms with Crippen LogP contribution in [0.1, 0.15) is 57.1 Å². The summed E-state index contributed by atoms with van der Waals surface area (Å²) < 4.78 is 33.5. The third kappa shape index (κ3) is 6.94. The number of carbonyl (C=O) groups is 2. The van der Waals surface area contributed by atoms with Crippen molar-refractivity contribution in [3.05, 3.63) is 24.0 Å². The van der Waals surface area contributed by atoms with Gasteiger partial charge in [-0.05, 0) is 49.7 Å². The first-order valence-electron chi connectivity index (χ1n) is 10.5. The molecule has 1 saturated heterocycles. The maximum absolute atomic E-state index is 12.5. The van der Waals surface area contributed by atoms with E-state index in [0.29, 0.717) is 50.5 Å². The molecule has 1 aliphatic heterocycles. The number of hydrogen-bond donors (Lipinski definition) is 2. The van der Waals surface area contributed by atoms with E-state index in [1.165, 1.54) is 17.7 Å². The molecule has 1 aromatic heterocycles. The third-order valence-electron chi connectivity index (χ3n) is 5.26. The minimum atomic E-state index is -3.45. The Kier molecular flexibility index (Phi) is 7.65. The summed E-state index contributed by atoms with van der Waals surface area (Å²) in [6.45, 7) is 3.13. The standard InChI is InChI=1S/C20H30N4O5S/c1-2-18(16-10-17(12-21-11-16)29-14-15-6-7-15)23-30(27,28)9-5-3-4-8-24-13-19(25)22-20(24)26/h10-12,15,18,23H,2-9,13-14H2,1H3,(H,22,25,26)/t18-/m1/s1. The highest BCUT2D eigenvalue weighted by atomic mass is 32.2. The number of ether oxygens (including phenoxy) is 1. The highest BCUT2D eigenvalue weighted by molar-refractivity contribution is 7.89. The molecule has 0 aromatic carbocycles. The van der Waals surface area contributed by atoms with Gasteiger partial charge in [0.1, 0.15) is 12.3 Å². The number of rotatable bonds is 13. The summed E-state index contributed by atoms with van der Waals surface area (Å²) in [6.07, 6.45) is 8.12. The van der Waals surface area contributed by atoms with Crippen LogP contribution in [0, 0.1) is 5.92 Å². The predicted octanol–water partition coefficient (Wildman–Crippen LogP) is 1.96. The van der Waals surface area contributed by atoms with Crippen molar-refractivity contribution < 1.29 is 22.7 Å². The number of aromatic nitrogens is 1. The topological polar surface area (TPSA) is 118 Å². The van der Waals surface area contributed by atoms with Gasteiger partial charge in [0.2, 0.25) is 15.9 Å². The van der Waals surface area contributed by atoms with Gasteiger partial charge in [-0.15, -0.1) is 0 Å². The lowest BCUT2D eigenvalue weighted by Gasteiger charge is -2.18. The second-order valence-electron chi connectivity index (χ2n) is 7.94. The molecule has 0 unspecified atom stereocenters. The third-order valence-corrected chi connectivity index (χ3v) is 6.73. The van der Waals surface area contributed by atoms with Crippen molar-refractivity contribution in [2.24, 2.45) is 5.92 Å². The molecule has 0 spiro atoms. The van der Waals surface area contributed by atoms with Gasteiger partial charge in [-0.2, -0.15) is 0 Å². The van der Waals surface area contributed by atoms with Crippen molar-refractivity contribution in [2.45, 2.75) is 51.5 Å². The summed E-state index contributed by atoms with van der Waals surface area (Å²) in [7, 11) is -3.45. The molecule has 0 bridgehead atoms. The summed E-state index contributed by atoms with van der Waals surface area (Å²) in [5, 5.41) is 2.22. The Morgan fingerprint density at radius 3 is 2.73 bits per heavy atom. The lowest BCUT2D eigenvalue weighted by atomic mass is 10.1. The van der Waals surface area contributed by atoms with Crippen molar-refractivity contribution in [2.75, 3.05) is 25.4 Å². The van der Waals surface area contributed by atoms with E-state index in [0.717, 1.165) is 5.56 Å². The SMILES string of the molecule is CC[C@@H](NS(=O)(=O)CCCCCN1CC(=O)NC1=O)c1cncc(OCC2CC2)c1. The Morgan fingerprint density at radius 1 is 1.27 bits per heavy atom. The van der Waals surface area contributed by atoms with Gasteiger partial charge in [0.25, 0.3) is 0 Å². The molecule has 2 aliphatic rings. The number of pyridine rings is 1. The first-order valence-corrected chi connectivity index (χ1v) is 12.2. The number of nitrogens with zero attached hydrogens (tertiary/aromatic N) is 2. The average Bonchev–Trinajstić information content (AvgIpc) is 3.48. The normalized spacial score (nSPS) is 17.8. The second-order valence-corrected chi connectivity index (χ2v) is 9.81. The van der Waals surface area contributed by atoms with Crippen LogP contribution in [0.4, 0.5) is 4.79 Å². The highest BCUT2D eigenvalue weighted by Crippen LogP contribution is 2.30. The molecular formula is C20H30N4O5S. The fourth-order valence-electron chi connectivity index (χ4n) is 3.30. The van der Waals surface area contributed by atoms with Crippen LogP contribution >= 0.6 is 0 Å². The number of unbranched alkanes of at least 4 members (excludes halogenated alkanes) is 2. The molecule has 30 heavy (non-hydrogen) atoms. The molecule has 166 valence electrons. The number of hydrogen-bond acceptors (Lipinski definition) is 6. The van der Waals surface area contributed by atoms with Gasteiger partial charge in [0.15, 0.2) is 0 Å². The Bertz CT molecular complexity index is 857. The smallest absolute Gasteiger partial charge is 0.324 e. The molecule has 2 N–H and O–H groups in total. The second kappa shape index (κ2) is 10.2. The highest BCUT2D eigenvalue weighted by Gasteiger charge is 2.26. The molecule has 1 aliphatic carbocycles. The zero-order valence-corrected chi connectivity index (χ0v) is 18.1. The van der Waals surface area contributed by atoms with E-state index in [1.807, 2.05) is 13.0 Å². The summed E-state index contributed by atoms with van der Waals surface area (Å²) >= 11 is 0. The van der Waals surface area contributed by atoms with Crippen LogP contribution in [0.2, 0.25) is 0 Å². The fourth-order valence-corrected chi connectivity index (χ4v) is 4.74. The number of imide groups is 1. The maximum Gasteiger partial charge on any atom is 0.324 e. The zero-order valence-electron chi connectivity index (χ0n) is 17.3. The van der Waals surface area contributed by atoms with Crippen molar-refractivity contribution in [1.29, 1.82) is 0 Å². The van der Waals surface area contributed by atoms with Crippen molar-refractivity contribution in [3.63, 3.8) is 0 Å². The quantitative estimate of drug-likeness (QED) is 0.359. The summed E-state index contributed by atoms with van der Waals surface area (Å²) in [4.78, 5) is 28.3. The van der Waals surface area contributed by atoms with Crippen LogP contribution < -0.4 is 14.8 Å². The van der Waals surface area contributed by atoms with Gasteiger partial charge in [-0.25, -0.2) is 17.9 Å². The largest absolute Gasteiger partial charge is 0.492 e. The molecule has 9 nitrogen and oxygen atoms in total. The van der Waals surface area contributed by atoms with Gasteiger partial charge in [0, 0.05) is 18.8 Å².